The molecule has 0 spiro atoms. The van der Waals surface area contributed by atoms with E-state index in [1.165, 1.54) is 12.1 Å². The number of anilines is 1. The van der Waals surface area contributed by atoms with Crippen molar-refractivity contribution in [3.63, 3.8) is 0 Å². The summed E-state index contributed by atoms with van der Waals surface area (Å²) in [6, 6.07) is 13.8. The number of nitro benzene ring substituents is 1. The van der Waals surface area contributed by atoms with E-state index in [9.17, 15) is 18.5 Å². The van der Waals surface area contributed by atoms with Gasteiger partial charge in [-0.15, -0.1) is 11.8 Å². The second kappa shape index (κ2) is 10.6. The number of benzene rings is 2. The Bertz CT molecular complexity index is 921. The molecule has 2 aromatic rings. The molecular formula is C19H26N4O4S2. The van der Waals surface area contributed by atoms with Gasteiger partial charge in [-0.25, -0.2) is 13.6 Å². The molecule has 0 saturated heterocycles. The van der Waals surface area contributed by atoms with Crippen molar-refractivity contribution >= 4 is 33.2 Å². The van der Waals surface area contributed by atoms with Crippen LogP contribution in [0.2, 0.25) is 0 Å². The molecule has 0 atom stereocenters. The quantitative estimate of drug-likeness (QED) is 0.326. The van der Waals surface area contributed by atoms with Crippen molar-refractivity contribution in [1.29, 1.82) is 0 Å². The van der Waals surface area contributed by atoms with Gasteiger partial charge in [0, 0.05) is 29.8 Å². The zero-order chi connectivity index (χ0) is 21.4. The van der Waals surface area contributed by atoms with E-state index >= 15 is 0 Å². The topological polar surface area (TPSA) is 110 Å². The van der Waals surface area contributed by atoms with E-state index in [1.807, 2.05) is 49.3 Å². The average Bonchev–Trinajstić information content (AvgIpc) is 2.66. The third-order valence-electron chi connectivity index (χ3n) is 4.22. The van der Waals surface area contributed by atoms with Gasteiger partial charge in [-0.05, 0) is 51.3 Å². The van der Waals surface area contributed by atoms with Crippen molar-refractivity contribution in [1.82, 2.24) is 4.90 Å². The summed E-state index contributed by atoms with van der Waals surface area (Å²) in [4.78, 5) is 15.9. The molecule has 0 radical (unpaired) electrons. The molecule has 0 aliphatic carbocycles. The van der Waals surface area contributed by atoms with Crippen LogP contribution >= 0.6 is 11.8 Å². The van der Waals surface area contributed by atoms with Gasteiger partial charge < -0.3 is 9.80 Å². The van der Waals surface area contributed by atoms with Crippen LogP contribution in [0.15, 0.2) is 58.3 Å². The Morgan fingerprint density at radius 3 is 2.34 bits per heavy atom. The van der Waals surface area contributed by atoms with Crippen LogP contribution in [0.5, 0.6) is 0 Å². The van der Waals surface area contributed by atoms with Crippen molar-refractivity contribution in [2.24, 2.45) is 5.14 Å². The predicted octanol–water partition coefficient (Wildman–Crippen LogP) is 2.79. The lowest BCUT2D eigenvalue weighted by Crippen LogP contribution is -2.30. The van der Waals surface area contributed by atoms with Gasteiger partial charge in [-0.2, -0.15) is 0 Å². The minimum Gasteiger partial charge on any atom is -0.365 e. The Labute approximate surface area is 175 Å². The van der Waals surface area contributed by atoms with Gasteiger partial charge in [-0.1, -0.05) is 18.2 Å². The number of hydrogen-bond acceptors (Lipinski definition) is 7. The first-order chi connectivity index (χ1) is 13.7. The number of nitrogens with zero attached hydrogens (tertiary/aromatic N) is 3. The van der Waals surface area contributed by atoms with Gasteiger partial charge in [0.1, 0.15) is 5.69 Å². The first-order valence-electron chi connectivity index (χ1n) is 9.07. The average molecular weight is 439 g/mol. The minimum absolute atomic E-state index is 0.258. The molecule has 29 heavy (non-hydrogen) atoms. The summed E-state index contributed by atoms with van der Waals surface area (Å²) in [6.45, 7) is 2.04. The molecule has 0 heterocycles. The van der Waals surface area contributed by atoms with E-state index in [0.717, 1.165) is 29.7 Å². The second-order valence-electron chi connectivity index (χ2n) is 6.76. The molecule has 2 aromatic carbocycles. The number of thioether (sulfide) groups is 1. The highest BCUT2D eigenvalue weighted by atomic mass is 32.2. The molecule has 10 heteroatoms. The van der Waals surface area contributed by atoms with Crippen LogP contribution in [0, 0.1) is 10.1 Å². The summed E-state index contributed by atoms with van der Waals surface area (Å²) in [5, 5.41) is 16.7. The lowest BCUT2D eigenvalue weighted by atomic mass is 10.2. The van der Waals surface area contributed by atoms with Gasteiger partial charge in [0.2, 0.25) is 10.0 Å². The molecule has 158 valence electrons. The molecule has 0 bridgehead atoms. The van der Waals surface area contributed by atoms with Crippen LogP contribution in [-0.2, 0) is 10.0 Å². The highest BCUT2D eigenvalue weighted by Gasteiger charge is 2.23. The van der Waals surface area contributed by atoms with E-state index in [-0.39, 0.29) is 10.6 Å². The maximum atomic E-state index is 11.6. The molecule has 8 nitrogen and oxygen atoms in total. The highest BCUT2D eigenvalue weighted by molar-refractivity contribution is 7.99. The number of primary sulfonamides is 1. The minimum atomic E-state index is -4.02. The summed E-state index contributed by atoms with van der Waals surface area (Å²) in [7, 11) is -0.0739. The molecule has 0 saturated carbocycles. The van der Waals surface area contributed by atoms with E-state index in [0.29, 0.717) is 18.8 Å². The van der Waals surface area contributed by atoms with Crippen molar-refractivity contribution in [2.45, 2.75) is 16.2 Å². The maximum Gasteiger partial charge on any atom is 0.293 e. The lowest BCUT2D eigenvalue weighted by Gasteiger charge is -2.25. The smallest absolute Gasteiger partial charge is 0.293 e. The van der Waals surface area contributed by atoms with E-state index < -0.39 is 14.9 Å². The Morgan fingerprint density at radius 2 is 1.76 bits per heavy atom. The lowest BCUT2D eigenvalue weighted by molar-refractivity contribution is -0.384. The van der Waals surface area contributed by atoms with Crippen LogP contribution in [0.1, 0.15) is 6.42 Å². The zero-order valence-electron chi connectivity index (χ0n) is 16.5. The van der Waals surface area contributed by atoms with E-state index in [1.54, 1.807) is 11.8 Å². The van der Waals surface area contributed by atoms with Gasteiger partial charge >= 0.3 is 0 Å². The van der Waals surface area contributed by atoms with E-state index in [4.69, 9.17) is 5.14 Å². The second-order valence-corrected chi connectivity index (χ2v) is 9.49. The predicted molar refractivity (Wildman–Crippen MR) is 117 cm³/mol. The highest BCUT2D eigenvalue weighted by Crippen LogP contribution is 2.31. The Balaban J connectivity index is 2.24. The van der Waals surface area contributed by atoms with Crippen molar-refractivity contribution < 1.29 is 13.3 Å². The largest absolute Gasteiger partial charge is 0.365 e. The molecule has 0 aliphatic rings. The van der Waals surface area contributed by atoms with Gasteiger partial charge in [-0.3, -0.25) is 10.1 Å². The molecule has 0 fully saturated rings. The Morgan fingerprint density at radius 1 is 1.07 bits per heavy atom. The fraction of sp³-hybridized carbons (Fsp3) is 0.368. The Hall–Kier alpha value is -2.14. The zero-order valence-corrected chi connectivity index (χ0v) is 18.2. The molecule has 2 N–H and O–H groups in total. The standard InChI is InChI=1S/C19H26N4O4S2/c1-21(2)11-6-12-22(13-14-28-16-7-4-3-5-8-16)18-10-9-17(29(20,26)27)15-19(18)23(24)25/h3-5,7-10,15H,6,11-14H2,1-2H3,(H2,20,26,27). The Kier molecular flexibility index (Phi) is 8.45. The van der Waals surface area contributed by atoms with Crippen LogP contribution in [0.25, 0.3) is 0 Å². The van der Waals surface area contributed by atoms with Crippen LogP contribution in [0.3, 0.4) is 0 Å². The normalized spacial score (nSPS) is 11.6. The number of hydrogen-bond donors (Lipinski definition) is 1. The number of nitro groups is 1. The van der Waals surface area contributed by atoms with Crippen LogP contribution < -0.4 is 10.0 Å². The van der Waals surface area contributed by atoms with Gasteiger partial charge in [0.15, 0.2) is 0 Å². The number of nitrogens with two attached hydrogens (primary N) is 1. The monoisotopic (exact) mass is 438 g/mol. The number of rotatable bonds is 11. The molecule has 2 rings (SSSR count). The van der Waals surface area contributed by atoms with Crippen molar-refractivity contribution in [3.8, 4) is 0 Å². The molecule has 0 aromatic heterocycles. The van der Waals surface area contributed by atoms with Crippen LogP contribution in [-0.4, -0.2) is 57.7 Å². The summed E-state index contributed by atoms with van der Waals surface area (Å²) < 4.78 is 23.2. The van der Waals surface area contributed by atoms with Gasteiger partial charge in [0.25, 0.3) is 5.69 Å². The van der Waals surface area contributed by atoms with Gasteiger partial charge in [0.05, 0.1) is 9.82 Å². The summed E-state index contributed by atoms with van der Waals surface area (Å²) in [5.74, 6) is 0.736. The SMILES string of the molecule is CN(C)CCCN(CCSc1ccccc1)c1ccc(S(N)(=O)=O)cc1[N+](=O)[O-]. The summed E-state index contributed by atoms with van der Waals surface area (Å²) in [6.07, 6.45) is 0.817. The third kappa shape index (κ3) is 7.32. The first-order valence-corrected chi connectivity index (χ1v) is 11.6. The summed E-state index contributed by atoms with van der Waals surface area (Å²) >= 11 is 1.67. The van der Waals surface area contributed by atoms with E-state index in [2.05, 4.69) is 4.90 Å². The summed E-state index contributed by atoms with van der Waals surface area (Å²) in [5.41, 5.74) is 0.140. The van der Waals surface area contributed by atoms with Crippen molar-refractivity contribution in [3.05, 3.63) is 58.6 Å². The molecular weight excluding hydrogens is 412 g/mol. The van der Waals surface area contributed by atoms with Crippen molar-refractivity contribution in [2.75, 3.05) is 44.4 Å². The number of sulfonamides is 1. The molecule has 0 amide bonds. The molecule has 0 unspecified atom stereocenters. The fourth-order valence-electron chi connectivity index (χ4n) is 2.81. The third-order valence-corrected chi connectivity index (χ3v) is 6.12. The molecule has 0 aliphatic heterocycles. The fourth-order valence-corrected chi connectivity index (χ4v) is 4.25. The maximum absolute atomic E-state index is 11.6. The van der Waals surface area contributed by atoms with Crippen LogP contribution in [0.4, 0.5) is 11.4 Å². The first kappa shape index (κ1) is 23.1.